The van der Waals surface area contributed by atoms with Crippen molar-refractivity contribution < 1.29 is 19.1 Å². The first-order valence-corrected chi connectivity index (χ1v) is 7.66. The molecule has 1 aliphatic heterocycles. The quantitative estimate of drug-likeness (QED) is 0.850. The fourth-order valence-electron chi connectivity index (χ4n) is 2.52. The molecule has 0 spiro atoms. The molecule has 0 atom stereocenters. The number of esters is 1. The van der Waals surface area contributed by atoms with Gasteiger partial charge in [-0.2, -0.15) is 0 Å². The summed E-state index contributed by atoms with van der Waals surface area (Å²) in [6, 6.07) is 5.02. The minimum absolute atomic E-state index is 0.316. The van der Waals surface area contributed by atoms with Gasteiger partial charge in [-0.15, -0.1) is 0 Å². The third kappa shape index (κ3) is 3.54. The van der Waals surface area contributed by atoms with Crippen molar-refractivity contribution in [1.82, 2.24) is 5.32 Å². The Labute approximate surface area is 138 Å². The van der Waals surface area contributed by atoms with Gasteiger partial charge >= 0.3 is 5.97 Å². The highest BCUT2D eigenvalue weighted by atomic mass is 35.5. The number of ether oxygens (including phenoxy) is 2. The van der Waals surface area contributed by atoms with Gasteiger partial charge in [-0.05, 0) is 30.5 Å². The normalized spacial score (nSPS) is 16.9. The molecule has 1 aromatic rings. The van der Waals surface area contributed by atoms with Crippen molar-refractivity contribution >= 4 is 35.1 Å². The van der Waals surface area contributed by atoms with Crippen LogP contribution in [0.4, 0.5) is 0 Å². The van der Waals surface area contributed by atoms with Crippen molar-refractivity contribution in [1.29, 1.82) is 0 Å². The molecule has 22 heavy (non-hydrogen) atoms. The summed E-state index contributed by atoms with van der Waals surface area (Å²) in [5, 5.41) is 3.31. The zero-order valence-electron chi connectivity index (χ0n) is 12.2. The molecular formula is C15H17Cl2NO4. The molecule has 7 heteroatoms. The number of halogens is 2. The van der Waals surface area contributed by atoms with Crippen molar-refractivity contribution in [2.75, 3.05) is 26.9 Å². The summed E-state index contributed by atoms with van der Waals surface area (Å²) in [5.74, 6) is -0.832. The molecule has 1 amide bonds. The lowest BCUT2D eigenvalue weighted by Crippen LogP contribution is -2.44. The summed E-state index contributed by atoms with van der Waals surface area (Å²) in [4.78, 5) is 23.9. The van der Waals surface area contributed by atoms with Crippen LogP contribution in [0.5, 0.6) is 0 Å². The summed E-state index contributed by atoms with van der Waals surface area (Å²) >= 11 is 12.2. The number of amides is 1. The van der Waals surface area contributed by atoms with Gasteiger partial charge in [0, 0.05) is 30.3 Å². The van der Waals surface area contributed by atoms with Crippen LogP contribution < -0.4 is 5.32 Å². The van der Waals surface area contributed by atoms with Gasteiger partial charge in [0.1, 0.15) is 0 Å². The van der Waals surface area contributed by atoms with Crippen molar-refractivity contribution in [2.45, 2.75) is 18.3 Å². The second-order valence-corrected chi connectivity index (χ2v) is 5.91. The van der Waals surface area contributed by atoms with E-state index in [4.69, 9.17) is 32.7 Å². The van der Waals surface area contributed by atoms with E-state index in [1.165, 1.54) is 7.05 Å². The maximum Gasteiger partial charge on any atom is 0.317 e. The average molecular weight is 346 g/mol. The monoisotopic (exact) mass is 345 g/mol. The number of hydrogen-bond donors (Lipinski definition) is 1. The van der Waals surface area contributed by atoms with Crippen molar-refractivity contribution in [3.8, 4) is 0 Å². The minimum atomic E-state index is -0.909. The molecule has 2 rings (SSSR count). The van der Waals surface area contributed by atoms with Gasteiger partial charge < -0.3 is 14.8 Å². The zero-order chi connectivity index (χ0) is 16.2. The van der Waals surface area contributed by atoms with E-state index in [0.29, 0.717) is 41.7 Å². The third-order valence-electron chi connectivity index (χ3n) is 3.80. The van der Waals surface area contributed by atoms with Crippen LogP contribution in [-0.4, -0.2) is 38.7 Å². The van der Waals surface area contributed by atoms with E-state index in [1.807, 2.05) is 0 Å². The van der Waals surface area contributed by atoms with Crippen LogP contribution in [0.2, 0.25) is 10.0 Å². The lowest BCUT2D eigenvalue weighted by molar-refractivity contribution is -0.157. The van der Waals surface area contributed by atoms with E-state index in [-0.39, 0.29) is 12.5 Å². The Balaban J connectivity index is 2.31. The summed E-state index contributed by atoms with van der Waals surface area (Å²) < 4.78 is 10.5. The molecule has 0 unspecified atom stereocenters. The van der Waals surface area contributed by atoms with Gasteiger partial charge in [-0.25, -0.2) is 0 Å². The molecule has 1 aromatic carbocycles. The SMILES string of the molecule is CNC(=O)COC(=O)C1(c2ccc(Cl)cc2Cl)CCOCC1. The molecule has 1 aliphatic rings. The summed E-state index contributed by atoms with van der Waals surface area (Å²) in [6.45, 7) is 0.533. The first-order chi connectivity index (χ1) is 10.5. The summed E-state index contributed by atoms with van der Waals surface area (Å²) in [6.07, 6.45) is 0.891. The van der Waals surface area contributed by atoms with Crippen molar-refractivity contribution in [2.24, 2.45) is 0 Å². The van der Waals surface area contributed by atoms with Crippen molar-refractivity contribution in [3.63, 3.8) is 0 Å². The number of carbonyl (C=O) groups is 2. The second kappa shape index (κ2) is 7.31. The number of carbonyl (C=O) groups excluding carboxylic acids is 2. The zero-order valence-corrected chi connectivity index (χ0v) is 13.7. The predicted molar refractivity (Wildman–Crippen MR) is 83.2 cm³/mol. The number of rotatable bonds is 4. The summed E-state index contributed by atoms with van der Waals surface area (Å²) in [7, 11) is 1.48. The van der Waals surface area contributed by atoms with Gasteiger partial charge in [-0.1, -0.05) is 29.3 Å². The van der Waals surface area contributed by atoms with E-state index >= 15 is 0 Å². The number of nitrogens with one attached hydrogen (secondary N) is 1. The highest BCUT2D eigenvalue weighted by molar-refractivity contribution is 6.35. The molecule has 120 valence electrons. The third-order valence-corrected chi connectivity index (χ3v) is 4.34. The van der Waals surface area contributed by atoms with Crippen LogP contribution in [0.25, 0.3) is 0 Å². The standard InChI is InChI=1S/C15H17Cl2NO4/c1-18-13(19)9-22-14(20)15(4-6-21-7-5-15)11-3-2-10(16)8-12(11)17/h2-3,8H,4-7,9H2,1H3,(H,18,19). The Morgan fingerprint density at radius 1 is 1.32 bits per heavy atom. The average Bonchev–Trinajstić information content (AvgIpc) is 2.52. The minimum Gasteiger partial charge on any atom is -0.455 e. The van der Waals surface area contributed by atoms with E-state index in [1.54, 1.807) is 18.2 Å². The Morgan fingerprint density at radius 3 is 2.59 bits per heavy atom. The maximum atomic E-state index is 12.6. The highest BCUT2D eigenvalue weighted by Crippen LogP contribution is 2.40. The van der Waals surface area contributed by atoms with E-state index in [2.05, 4.69) is 5.32 Å². The van der Waals surface area contributed by atoms with Crippen LogP contribution in [0.1, 0.15) is 18.4 Å². The number of hydrogen-bond acceptors (Lipinski definition) is 4. The molecule has 0 bridgehead atoms. The van der Waals surface area contributed by atoms with Crippen molar-refractivity contribution in [3.05, 3.63) is 33.8 Å². The topological polar surface area (TPSA) is 64.6 Å². The van der Waals surface area contributed by atoms with Crippen LogP contribution in [-0.2, 0) is 24.5 Å². The molecule has 1 fully saturated rings. The molecule has 5 nitrogen and oxygen atoms in total. The Hall–Kier alpha value is -1.30. The van der Waals surface area contributed by atoms with Gasteiger partial charge in [0.2, 0.25) is 0 Å². The van der Waals surface area contributed by atoms with Gasteiger partial charge in [0.05, 0.1) is 5.41 Å². The lowest BCUT2D eigenvalue weighted by Gasteiger charge is -2.35. The molecule has 0 aliphatic carbocycles. The van der Waals surface area contributed by atoms with Crippen LogP contribution in [0.3, 0.4) is 0 Å². The van der Waals surface area contributed by atoms with E-state index in [0.717, 1.165) is 0 Å². The first kappa shape index (κ1) is 17.1. The summed E-state index contributed by atoms with van der Waals surface area (Å²) in [5.41, 5.74) is -0.253. The second-order valence-electron chi connectivity index (χ2n) is 5.07. The Bertz CT molecular complexity index is 571. The van der Waals surface area contributed by atoms with E-state index < -0.39 is 11.4 Å². The lowest BCUT2D eigenvalue weighted by atomic mass is 9.74. The number of likely N-dealkylation sites (N-methyl/N-ethyl adjacent to an activating group) is 1. The first-order valence-electron chi connectivity index (χ1n) is 6.91. The van der Waals surface area contributed by atoms with Gasteiger partial charge in [0.15, 0.2) is 6.61 Å². The molecular weight excluding hydrogens is 329 g/mol. The molecule has 0 saturated carbocycles. The predicted octanol–water partition coefficient (Wildman–Crippen LogP) is 2.33. The fraction of sp³-hybridized carbons (Fsp3) is 0.467. The van der Waals surface area contributed by atoms with E-state index in [9.17, 15) is 9.59 Å². The Kier molecular flexibility index (Phi) is 5.67. The Morgan fingerprint density at radius 2 is 2.00 bits per heavy atom. The maximum absolute atomic E-state index is 12.6. The van der Waals surface area contributed by atoms with Gasteiger partial charge in [0.25, 0.3) is 5.91 Å². The molecule has 1 N–H and O–H groups in total. The molecule has 1 heterocycles. The fourth-order valence-corrected chi connectivity index (χ4v) is 3.11. The molecule has 0 aromatic heterocycles. The smallest absolute Gasteiger partial charge is 0.317 e. The highest BCUT2D eigenvalue weighted by Gasteiger charge is 2.44. The largest absolute Gasteiger partial charge is 0.455 e. The van der Waals surface area contributed by atoms with Gasteiger partial charge in [-0.3, -0.25) is 9.59 Å². The number of benzene rings is 1. The van der Waals surface area contributed by atoms with Crippen LogP contribution in [0, 0.1) is 0 Å². The molecule has 0 radical (unpaired) electrons. The van der Waals surface area contributed by atoms with Crippen LogP contribution >= 0.6 is 23.2 Å². The molecule has 1 saturated heterocycles. The van der Waals surface area contributed by atoms with Crippen LogP contribution in [0.15, 0.2) is 18.2 Å².